The molecule has 5 atom stereocenters. The molecule has 0 bridgehead atoms. The topological polar surface area (TPSA) is 237 Å². The fourth-order valence-corrected chi connectivity index (χ4v) is 12.1. The summed E-state index contributed by atoms with van der Waals surface area (Å²) in [7, 11) is -9.96. The van der Waals surface area contributed by atoms with Gasteiger partial charge in [-0.2, -0.15) is 0 Å². The lowest BCUT2D eigenvalue weighted by Gasteiger charge is -2.21. The molecule has 568 valence electrons. The summed E-state index contributed by atoms with van der Waals surface area (Å²) in [6.07, 6.45) is 72.9. The molecule has 0 aromatic heterocycles. The van der Waals surface area contributed by atoms with Crippen LogP contribution in [0, 0.1) is 0 Å². The smallest absolute Gasteiger partial charge is 0.462 e. The molecule has 0 saturated heterocycles. The lowest BCUT2D eigenvalue weighted by molar-refractivity contribution is -0.161. The largest absolute Gasteiger partial charge is 0.472 e. The molecule has 0 aliphatic rings. The fourth-order valence-electron chi connectivity index (χ4n) is 10.5. The van der Waals surface area contributed by atoms with Crippen LogP contribution < -0.4 is 0 Å². The Hall–Kier alpha value is -3.76. The second-order valence-corrected chi connectivity index (χ2v) is 28.8. The van der Waals surface area contributed by atoms with E-state index in [1.54, 1.807) is 0 Å². The van der Waals surface area contributed by atoms with Crippen LogP contribution in [0.5, 0.6) is 0 Å². The third-order valence-electron chi connectivity index (χ3n) is 16.4. The van der Waals surface area contributed by atoms with Gasteiger partial charge in [0.05, 0.1) is 26.4 Å². The molecule has 0 aliphatic heterocycles. The van der Waals surface area contributed by atoms with Gasteiger partial charge in [0.2, 0.25) is 0 Å². The second-order valence-electron chi connectivity index (χ2n) is 25.9. The van der Waals surface area contributed by atoms with Gasteiger partial charge in [-0.1, -0.05) is 305 Å². The minimum Gasteiger partial charge on any atom is -0.462 e. The molecule has 0 saturated carbocycles. The zero-order valence-corrected chi connectivity index (χ0v) is 63.7. The minimum absolute atomic E-state index is 0.0675. The van der Waals surface area contributed by atoms with Gasteiger partial charge in [0.15, 0.2) is 12.2 Å². The van der Waals surface area contributed by atoms with E-state index >= 15 is 0 Å². The molecule has 0 radical (unpaired) electrons. The third-order valence-corrected chi connectivity index (χ3v) is 18.3. The van der Waals surface area contributed by atoms with Crippen molar-refractivity contribution in [3.8, 4) is 0 Å². The maximum atomic E-state index is 13.1. The molecule has 0 amide bonds. The summed E-state index contributed by atoms with van der Waals surface area (Å²) in [5.74, 6) is -2.23. The molecule has 0 aliphatic carbocycles. The van der Waals surface area contributed by atoms with Crippen LogP contribution in [-0.4, -0.2) is 96.7 Å². The van der Waals surface area contributed by atoms with Crippen LogP contribution in [0.3, 0.4) is 0 Å². The van der Waals surface area contributed by atoms with Crippen LogP contribution in [-0.2, 0) is 65.4 Å². The summed E-state index contributed by atoms with van der Waals surface area (Å²) in [5, 5.41) is 10.6. The average molecular weight is 1420 g/mol. The van der Waals surface area contributed by atoms with E-state index < -0.39 is 97.5 Å². The van der Waals surface area contributed by atoms with E-state index in [9.17, 15) is 43.2 Å². The first-order chi connectivity index (χ1) is 47.7. The summed E-state index contributed by atoms with van der Waals surface area (Å²) in [4.78, 5) is 72.8. The molecule has 0 aromatic rings. The quantitative estimate of drug-likeness (QED) is 0.0169. The Morgan fingerprint density at radius 2 is 0.561 bits per heavy atom. The maximum Gasteiger partial charge on any atom is 0.472 e. The first-order valence-electron chi connectivity index (χ1n) is 38.8. The van der Waals surface area contributed by atoms with Crippen LogP contribution in [0.2, 0.25) is 0 Å². The van der Waals surface area contributed by atoms with Crippen molar-refractivity contribution >= 4 is 39.5 Å². The number of phosphoric acid groups is 2. The number of hydrogen-bond donors (Lipinski definition) is 3. The Kier molecular flexibility index (Phi) is 68.9. The zero-order chi connectivity index (χ0) is 71.8. The molecular weight excluding hydrogens is 1280 g/mol. The fraction of sp³-hybridized carbons (Fsp3) is 0.772. The third kappa shape index (κ3) is 70.7. The van der Waals surface area contributed by atoms with Gasteiger partial charge >= 0.3 is 39.5 Å². The number of allylic oxidation sites excluding steroid dienone is 14. The lowest BCUT2D eigenvalue weighted by Crippen LogP contribution is -2.30. The van der Waals surface area contributed by atoms with Crippen LogP contribution in [0.4, 0.5) is 0 Å². The summed E-state index contributed by atoms with van der Waals surface area (Å²) >= 11 is 0. The molecule has 0 spiro atoms. The summed E-state index contributed by atoms with van der Waals surface area (Å²) in [6.45, 7) is 4.66. The Morgan fingerprint density at radius 1 is 0.296 bits per heavy atom. The molecule has 3 N–H and O–H groups in total. The van der Waals surface area contributed by atoms with Gasteiger partial charge in [0, 0.05) is 25.7 Å². The van der Waals surface area contributed by atoms with Crippen molar-refractivity contribution in [3.63, 3.8) is 0 Å². The van der Waals surface area contributed by atoms with Gasteiger partial charge in [0.1, 0.15) is 19.3 Å². The van der Waals surface area contributed by atoms with E-state index in [1.165, 1.54) is 122 Å². The Bertz CT molecular complexity index is 2190. The molecule has 0 rings (SSSR count). The molecular formula is C79H140O17P2. The number of esters is 4. The predicted molar refractivity (Wildman–Crippen MR) is 399 cm³/mol. The highest BCUT2D eigenvalue weighted by molar-refractivity contribution is 7.47. The highest BCUT2D eigenvalue weighted by Gasteiger charge is 2.30. The number of carbonyl (C=O) groups excluding carboxylic acids is 4. The van der Waals surface area contributed by atoms with E-state index in [0.717, 1.165) is 128 Å². The minimum atomic E-state index is -4.99. The van der Waals surface area contributed by atoms with Crippen molar-refractivity contribution in [2.24, 2.45) is 0 Å². The molecule has 19 heteroatoms. The predicted octanol–water partition coefficient (Wildman–Crippen LogP) is 22.2. The SMILES string of the molecule is CC/C=C\C/C=C\C/C=C\C/C=C\C/C=C\CCCC(=O)OCC(COP(=O)(O)OCC(O)COP(=O)(O)OCC(COC(=O)CCCCCCCCCCCCCCCCC)OC(=O)CCCCCCCCCCCCCCC)OC(=O)CCCCCCC/C=C\C/C=C\CCC. The van der Waals surface area contributed by atoms with E-state index in [1.807, 2.05) is 12.2 Å². The molecule has 17 nitrogen and oxygen atoms in total. The van der Waals surface area contributed by atoms with Crippen molar-refractivity contribution in [1.82, 2.24) is 0 Å². The Morgan fingerprint density at radius 3 is 0.898 bits per heavy atom. The van der Waals surface area contributed by atoms with Gasteiger partial charge in [-0.25, -0.2) is 9.13 Å². The molecule has 98 heavy (non-hydrogen) atoms. The van der Waals surface area contributed by atoms with Crippen molar-refractivity contribution in [3.05, 3.63) is 85.1 Å². The number of phosphoric ester groups is 2. The van der Waals surface area contributed by atoms with Crippen LogP contribution in [0.25, 0.3) is 0 Å². The monoisotopic (exact) mass is 1420 g/mol. The maximum absolute atomic E-state index is 13.1. The van der Waals surface area contributed by atoms with Crippen molar-refractivity contribution in [1.29, 1.82) is 0 Å². The van der Waals surface area contributed by atoms with E-state index in [4.69, 9.17) is 37.0 Å². The summed E-state index contributed by atoms with van der Waals surface area (Å²) in [6, 6.07) is 0. The number of hydrogen-bond acceptors (Lipinski definition) is 15. The van der Waals surface area contributed by atoms with E-state index in [2.05, 4.69) is 101 Å². The van der Waals surface area contributed by atoms with Crippen LogP contribution >= 0.6 is 15.6 Å². The first-order valence-corrected chi connectivity index (χ1v) is 41.8. The van der Waals surface area contributed by atoms with E-state index in [0.29, 0.717) is 32.1 Å². The first kappa shape index (κ1) is 94.2. The second kappa shape index (κ2) is 71.6. The Balaban J connectivity index is 5.36. The van der Waals surface area contributed by atoms with Gasteiger partial charge in [-0.05, 0) is 89.9 Å². The van der Waals surface area contributed by atoms with Gasteiger partial charge in [-0.3, -0.25) is 37.3 Å². The standard InChI is InChI=1S/C79H140O17P2/c1-5-9-13-17-21-25-29-33-35-36-38-42-44-48-52-56-60-64-77(82)90-70-75(96-79(84)66-62-58-54-50-46-40-32-28-24-20-16-12-8-4)72-94-98(87,88)92-68-73(80)67-91-97(85,86)93-71-74(95-78(83)65-61-57-53-49-45-39-31-27-23-19-15-11-7-3)69-89-76(81)63-59-55-51-47-43-41-37-34-30-26-22-18-14-10-6-2/h9,13,16,20-21,25,28,32-33,35,38,42,48,52,73-75,80H,5-8,10-12,14-15,17-19,22-24,26-27,29-31,34,36-37,39-41,43-47,49-51,53-72H2,1-4H3,(H,85,86)(H,87,88)/b13-9-,20-16-,25-21-,32-28-,35-33-,42-38-,52-48-. The zero-order valence-electron chi connectivity index (χ0n) is 62.0. The van der Waals surface area contributed by atoms with Crippen molar-refractivity contribution < 1.29 is 80.2 Å². The molecule has 0 heterocycles. The van der Waals surface area contributed by atoms with Crippen LogP contribution in [0.15, 0.2) is 85.1 Å². The Labute approximate surface area is 595 Å². The normalized spacial score (nSPS) is 14.4. The van der Waals surface area contributed by atoms with Gasteiger partial charge in [0.25, 0.3) is 0 Å². The molecule has 0 fully saturated rings. The number of aliphatic hydroxyl groups excluding tert-OH is 1. The summed E-state index contributed by atoms with van der Waals surface area (Å²) < 4.78 is 68.4. The number of aliphatic hydroxyl groups is 1. The van der Waals surface area contributed by atoms with Crippen molar-refractivity contribution in [2.75, 3.05) is 39.6 Å². The summed E-state index contributed by atoms with van der Waals surface area (Å²) in [5.41, 5.74) is 0. The van der Waals surface area contributed by atoms with Gasteiger partial charge in [-0.15, -0.1) is 0 Å². The number of rotatable bonds is 73. The van der Waals surface area contributed by atoms with E-state index in [-0.39, 0.29) is 25.7 Å². The lowest BCUT2D eigenvalue weighted by atomic mass is 10.0. The molecule has 0 aromatic carbocycles. The van der Waals surface area contributed by atoms with Crippen molar-refractivity contribution in [2.45, 2.75) is 354 Å². The number of carbonyl (C=O) groups is 4. The number of unbranched alkanes of at least 4 members (excludes halogenated alkanes) is 33. The van der Waals surface area contributed by atoms with Gasteiger partial charge < -0.3 is 33.8 Å². The average Bonchev–Trinajstić information content (AvgIpc) is 0.969. The highest BCUT2D eigenvalue weighted by atomic mass is 31.2. The number of ether oxygens (including phenoxy) is 4. The van der Waals surface area contributed by atoms with Crippen LogP contribution in [0.1, 0.15) is 336 Å². The highest BCUT2D eigenvalue weighted by Crippen LogP contribution is 2.45. The molecule has 5 unspecified atom stereocenters.